The molecule has 0 radical (unpaired) electrons. The molecule has 5 rings (SSSR count). The van der Waals surface area contributed by atoms with Gasteiger partial charge in [0.15, 0.2) is 11.1 Å². The Labute approximate surface area is 165 Å². The number of H-pyrrole nitrogens is 2. The molecule has 1 fully saturated rings. The summed E-state index contributed by atoms with van der Waals surface area (Å²) in [5.41, 5.74) is 2.02. The molecular weight excluding hydrogens is 396 g/mol. The molecule has 1 saturated carbocycles. The van der Waals surface area contributed by atoms with E-state index in [4.69, 9.17) is 0 Å². The van der Waals surface area contributed by atoms with E-state index >= 15 is 0 Å². The number of thiophene rings is 1. The van der Waals surface area contributed by atoms with Gasteiger partial charge in [0.05, 0.1) is 17.9 Å². The molecule has 0 unspecified atom stereocenters. The Balaban J connectivity index is 1.75. The predicted octanol–water partition coefficient (Wildman–Crippen LogP) is 0.489. The Kier molecular flexibility index (Phi) is 3.84. The van der Waals surface area contributed by atoms with Crippen LogP contribution in [0.3, 0.4) is 0 Å². The van der Waals surface area contributed by atoms with E-state index in [1.54, 1.807) is 34.3 Å². The van der Waals surface area contributed by atoms with Crippen LogP contribution in [-0.4, -0.2) is 46.8 Å². The third-order valence-corrected chi connectivity index (χ3v) is 5.40. The summed E-state index contributed by atoms with van der Waals surface area (Å²) in [7, 11) is 0. The average molecular weight is 410 g/mol. The number of aromatic hydroxyl groups is 1. The van der Waals surface area contributed by atoms with Gasteiger partial charge >= 0.3 is 11.7 Å². The molecule has 1 aliphatic rings. The first-order valence-corrected chi connectivity index (χ1v) is 9.64. The number of carbonyl (C=O) groups is 1. The maximum Gasteiger partial charge on any atom is 0.345 e. The lowest BCUT2D eigenvalue weighted by Crippen LogP contribution is -2.19. The molecule has 4 heterocycles. The van der Waals surface area contributed by atoms with Crippen molar-refractivity contribution in [3.63, 3.8) is 0 Å². The average Bonchev–Trinajstić information content (AvgIpc) is 3.08. The van der Waals surface area contributed by atoms with Crippen molar-refractivity contribution in [2.24, 2.45) is 4.99 Å². The third kappa shape index (κ3) is 3.21. The summed E-state index contributed by atoms with van der Waals surface area (Å²) in [6.07, 6.45) is 5.15. The third-order valence-electron chi connectivity index (χ3n) is 4.48. The van der Waals surface area contributed by atoms with Crippen molar-refractivity contribution in [3.8, 4) is 17.1 Å². The fraction of sp³-hybridized carbons (Fsp3) is 0.167. The number of rotatable bonds is 4. The zero-order chi connectivity index (χ0) is 20.1. The number of aromatic carboxylic acids is 1. The molecule has 0 amide bonds. The number of carboxylic acids is 1. The monoisotopic (exact) mass is 410 g/mol. The zero-order valence-electron chi connectivity index (χ0n) is 14.8. The van der Waals surface area contributed by atoms with Crippen LogP contribution in [0.2, 0.25) is 0 Å². The van der Waals surface area contributed by atoms with E-state index in [9.17, 15) is 19.8 Å². The molecule has 29 heavy (non-hydrogen) atoms. The minimum Gasteiger partial charge on any atom is -0.493 e. The van der Waals surface area contributed by atoms with Gasteiger partial charge in [0.25, 0.3) is 0 Å². The molecular formula is C18H14N6O4S. The van der Waals surface area contributed by atoms with E-state index in [0.717, 1.165) is 24.2 Å². The van der Waals surface area contributed by atoms with Gasteiger partial charge in [-0.25, -0.2) is 14.6 Å². The number of aromatic nitrogens is 5. The topological polar surface area (TPSA) is 149 Å². The van der Waals surface area contributed by atoms with Gasteiger partial charge in [-0.1, -0.05) is 0 Å². The fourth-order valence-corrected chi connectivity index (χ4v) is 3.67. The highest BCUT2D eigenvalue weighted by atomic mass is 32.1. The number of fused-ring (bicyclic) bond motifs is 1. The minimum atomic E-state index is -0.990. The van der Waals surface area contributed by atoms with Crippen LogP contribution in [-0.2, 0) is 0 Å². The fourth-order valence-electron chi connectivity index (χ4n) is 2.93. The van der Waals surface area contributed by atoms with Crippen LogP contribution in [0.5, 0.6) is 5.88 Å². The smallest absolute Gasteiger partial charge is 0.345 e. The van der Waals surface area contributed by atoms with E-state index < -0.39 is 11.7 Å². The highest BCUT2D eigenvalue weighted by molar-refractivity contribution is 7.12. The van der Waals surface area contributed by atoms with Crippen LogP contribution in [0.4, 0.5) is 0 Å². The van der Waals surface area contributed by atoms with Gasteiger partial charge in [-0.15, -0.1) is 11.3 Å². The van der Waals surface area contributed by atoms with Gasteiger partial charge in [0, 0.05) is 22.2 Å². The maximum atomic E-state index is 11.4. The summed E-state index contributed by atoms with van der Waals surface area (Å²) in [4.78, 5) is 36.9. The molecule has 4 N–H and O–H groups in total. The first-order valence-electron chi connectivity index (χ1n) is 8.76. The number of carboxylic acid groups (broad SMARTS) is 1. The largest absolute Gasteiger partial charge is 0.493 e. The van der Waals surface area contributed by atoms with Gasteiger partial charge < -0.3 is 15.2 Å². The molecule has 11 heteroatoms. The second kappa shape index (κ2) is 6.41. The van der Waals surface area contributed by atoms with Crippen molar-refractivity contribution >= 4 is 29.0 Å². The van der Waals surface area contributed by atoms with Crippen LogP contribution in [0, 0.1) is 0 Å². The first kappa shape index (κ1) is 17.4. The van der Waals surface area contributed by atoms with Gasteiger partial charge in [-0.05, 0) is 25.0 Å². The molecule has 0 aromatic carbocycles. The maximum absolute atomic E-state index is 11.4. The van der Waals surface area contributed by atoms with E-state index in [-0.39, 0.29) is 22.5 Å². The molecule has 1 aliphatic carbocycles. The standard InChI is InChI=1S/C18H14N6O4S/c25-16-12(22-18(28)23-16)3-8-6-19-24-14(20-10-1-2-10)5-11(21-15(8)24)9-4-13(17(26)27)29-7-9/h3-7,10,25H,1-2H2,(H,26,27)(H2,22,23,28). The quantitative estimate of drug-likeness (QED) is 0.385. The van der Waals surface area contributed by atoms with E-state index in [1.807, 2.05) is 0 Å². The number of aromatic amines is 2. The Morgan fingerprint density at radius 2 is 2.17 bits per heavy atom. The van der Waals surface area contributed by atoms with Crippen molar-refractivity contribution in [1.29, 1.82) is 0 Å². The highest BCUT2D eigenvalue weighted by Gasteiger charge is 2.20. The van der Waals surface area contributed by atoms with Crippen LogP contribution >= 0.6 is 11.3 Å². The lowest BCUT2D eigenvalue weighted by Gasteiger charge is -2.00. The van der Waals surface area contributed by atoms with Gasteiger partial charge in [-0.3, -0.25) is 9.98 Å². The second-order valence-electron chi connectivity index (χ2n) is 6.69. The molecule has 0 aliphatic heterocycles. The molecule has 0 bridgehead atoms. The van der Waals surface area contributed by atoms with Crippen LogP contribution < -0.4 is 16.4 Å². The lowest BCUT2D eigenvalue weighted by atomic mass is 10.2. The second-order valence-corrected chi connectivity index (χ2v) is 7.60. The molecule has 0 saturated heterocycles. The zero-order valence-corrected chi connectivity index (χ0v) is 15.6. The van der Waals surface area contributed by atoms with E-state index in [0.29, 0.717) is 27.6 Å². The molecule has 0 spiro atoms. The van der Waals surface area contributed by atoms with Crippen LogP contribution in [0.25, 0.3) is 23.0 Å². The molecule has 10 nitrogen and oxygen atoms in total. The van der Waals surface area contributed by atoms with Crippen molar-refractivity contribution in [3.05, 3.63) is 55.5 Å². The van der Waals surface area contributed by atoms with Gasteiger partial charge in [0.2, 0.25) is 5.88 Å². The summed E-state index contributed by atoms with van der Waals surface area (Å²) in [5.74, 6) is -1.27. The number of hydrogen-bond acceptors (Lipinski definition) is 7. The summed E-state index contributed by atoms with van der Waals surface area (Å²) < 4.78 is 1.60. The number of nitrogens with zero attached hydrogens (tertiary/aromatic N) is 4. The highest BCUT2D eigenvalue weighted by Crippen LogP contribution is 2.25. The minimum absolute atomic E-state index is 0.210. The first-order chi connectivity index (χ1) is 14.0. The normalized spacial score (nSPS) is 15.4. The van der Waals surface area contributed by atoms with Crippen molar-refractivity contribution in [2.45, 2.75) is 18.9 Å². The Bertz CT molecular complexity index is 1440. The molecule has 4 aromatic heterocycles. The van der Waals surface area contributed by atoms with E-state index in [2.05, 4.69) is 25.0 Å². The van der Waals surface area contributed by atoms with Crippen molar-refractivity contribution < 1.29 is 15.0 Å². The van der Waals surface area contributed by atoms with Gasteiger partial charge in [-0.2, -0.15) is 9.61 Å². The predicted molar refractivity (Wildman–Crippen MR) is 104 cm³/mol. The Hall–Kier alpha value is -3.73. The summed E-state index contributed by atoms with van der Waals surface area (Å²) in [5, 5.41) is 25.7. The molecule has 4 aromatic rings. The van der Waals surface area contributed by atoms with Crippen molar-refractivity contribution in [2.75, 3.05) is 0 Å². The molecule has 146 valence electrons. The van der Waals surface area contributed by atoms with E-state index in [1.165, 1.54) is 0 Å². The van der Waals surface area contributed by atoms with Gasteiger partial charge in [0.1, 0.15) is 10.6 Å². The lowest BCUT2D eigenvalue weighted by molar-refractivity contribution is 0.0702. The number of nitrogens with one attached hydrogen (secondary N) is 2. The summed E-state index contributed by atoms with van der Waals surface area (Å²) in [6, 6.07) is 3.60. The van der Waals surface area contributed by atoms with Crippen LogP contribution in [0.1, 0.15) is 28.2 Å². The summed E-state index contributed by atoms with van der Waals surface area (Å²) >= 11 is 1.13. The Morgan fingerprint density at radius 3 is 2.83 bits per heavy atom. The number of imidazole rings is 1. The van der Waals surface area contributed by atoms with Crippen molar-refractivity contribution in [1.82, 2.24) is 24.6 Å². The Morgan fingerprint density at radius 1 is 1.34 bits per heavy atom. The van der Waals surface area contributed by atoms with Crippen LogP contribution in [0.15, 0.2) is 33.5 Å². The SMILES string of the molecule is O=C(O)c1cc(-c2cc(=NC3CC3)n3ncc(=Cc4[nH]c(=O)[nH]c4O)c3n2)cs1. The molecule has 0 atom stereocenters. The number of hydrogen-bond donors (Lipinski definition) is 4. The summed E-state index contributed by atoms with van der Waals surface area (Å²) in [6.45, 7) is 0.